The molecular formula is C26H24N2O4. The smallest absolute Gasteiger partial charge is 0.198 e. The van der Waals surface area contributed by atoms with E-state index in [9.17, 15) is 14.7 Å². The summed E-state index contributed by atoms with van der Waals surface area (Å²) in [5, 5.41) is 10.5. The van der Waals surface area contributed by atoms with Crippen molar-refractivity contribution < 1.29 is 19.4 Å². The molecule has 3 aromatic carbocycles. The average molecular weight is 428 g/mol. The highest BCUT2D eigenvalue weighted by atomic mass is 16.5. The average Bonchev–Trinajstić information content (AvgIpc) is 2.79. The summed E-state index contributed by atoms with van der Waals surface area (Å²) in [5.74, 6) is -0.544. The Hall–Kier alpha value is -3.90. The van der Waals surface area contributed by atoms with Crippen LogP contribution in [0.3, 0.4) is 0 Å². The van der Waals surface area contributed by atoms with Crippen LogP contribution in [0.1, 0.15) is 37.4 Å². The van der Waals surface area contributed by atoms with Crippen LogP contribution in [0.5, 0.6) is 17.2 Å². The van der Waals surface area contributed by atoms with Crippen molar-refractivity contribution in [3.63, 3.8) is 0 Å². The van der Waals surface area contributed by atoms with Gasteiger partial charge in [0.1, 0.15) is 11.5 Å². The largest absolute Gasteiger partial charge is 0.507 e. The Bertz CT molecular complexity index is 1220. The number of rotatable bonds is 7. The second-order valence-electron chi connectivity index (χ2n) is 7.81. The maximum atomic E-state index is 13.0. The lowest BCUT2D eigenvalue weighted by molar-refractivity contribution is 0.0977. The number of fused-ring (bicyclic) bond motifs is 2. The highest BCUT2D eigenvalue weighted by Gasteiger charge is 2.35. The molecule has 0 unspecified atom stereocenters. The third-order valence-corrected chi connectivity index (χ3v) is 5.55. The molecule has 6 nitrogen and oxygen atoms in total. The Morgan fingerprint density at radius 1 is 1.03 bits per heavy atom. The number of hydrogen-bond acceptors (Lipinski definition) is 6. The summed E-state index contributed by atoms with van der Waals surface area (Å²) in [5.41, 5.74) is 7.83. The topological polar surface area (TPSA) is 92.9 Å². The second-order valence-corrected chi connectivity index (χ2v) is 7.81. The van der Waals surface area contributed by atoms with Gasteiger partial charge in [-0.1, -0.05) is 42.5 Å². The summed E-state index contributed by atoms with van der Waals surface area (Å²) in [4.78, 5) is 28.1. The maximum Gasteiger partial charge on any atom is 0.198 e. The highest BCUT2D eigenvalue weighted by Crippen LogP contribution is 2.42. The van der Waals surface area contributed by atoms with Crippen molar-refractivity contribution in [2.45, 2.75) is 6.42 Å². The molecule has 4 rings (SSSR count). The molecule has 0 amide bonds. The zero-order valence-electron chi connectivity index (χ0n) is 17.8. The fourth-order valence-corrected chi connectivity index (χ4v) is 3.84. The summed E-state index contributed by atoms with van der Waals surface area (Å²) in [7, 11) is 2.04. The molecule has 3 aromatic rings. The second kappa shape index (κ2) is 8.69. The van der Waals surface area contributed by atoms with Crippen LogP contribution >= 0.6 is 0 Å². The third kappa shape index (κ3) is 3.88. The van der Waals surface area contributed by atoms with Gasteiger partial charge in [-0.25, -0.2) is 0 Å². The predicted molar refractivity (Wildman–Crippen MR) is 124 cm³/mol. The van der Waals surface area contributed by atoms with Gasteiger partial charge in [-0.15, -0.1) is 6.58 Å². The molecule has 3 N–H and O–H groups in total. The Balaban J connectivity index is 1.60. The standard InChI is InChI=1S/C26H24N2O4/c1-3-13-28(2)14-12-16-8-10-17(11-9-16)32-21-15-20(29)22-23(24(21)27)26(31)19-7-5-4-6-18(19)25(22)30/h3-11,15,29H,1,12-14,27H2,2H3. The van der Waals surface area contributed by atoms with Crippen LogP contribution in [0, 0.1) is 0 Å². The van der Waals surface area contributed by atoms with E-state index in [1.165, 1.54) is 6.07 Å². The number of hydrogen-bond donors (Lipinski definition) is 2. The number of carbonyl (C=O) groups excluding carboxylic acids is 2. The fourth-order valence-electron chi connectivity index (χ4n) is 3.84. The molecule has 0 radical (unpaired) electrons. The van der Waals surface area contributed by atoms with E-state index in [-0.39, 0.29) is 39.4 Å². The van der Waals surface area contributed by atoms with E-state index in [1.54, 1.807) is 36.4 Å². The van der Waals surface area contributed by atoms with Crippen LogP contribution in [0.15, 0.2) is 67.3 Å². The number of carbonyl (C=O) groups is 2. The van der Waals surface area contributed by atoms with Crippen LogP contribution < -0.4 is 10.5 Å². The number of phenols is 1. The molecule has 0 heterocycles. The Labute approximate surface area is 186 Å². The molecule has 0 aliphatic heterocycles. The van der Waals surface area contributed by atoms with Gasteiger partial charge < -0.3 is 20.5 Å². The minimum Gasteiger partial charge on any atom is -0.507 e. The molecule has 162 valence electrons. The predicted octanol–water partition coefficient (Wildman–Crippen LogP) is 4.20. The lowest BCUT2D eigenvalue weighted by atomic mass is 9.82. The molecule has 6 heteroatoms. The Morgan fingerprint density at radius 2 is 1.66 bits per heavy atom. The molecule has 0 atom stereocenters. The number of ether oxygens (including phenoxy) is 1. The van der Waals surface area contributed by atoms with Crippen LogP contribution in [0.4, 0.5) is 5.69 Å². The van der Waals surface area contributed by atoms with Crippen molar-refractivity contribution in [1.29, 1.82) is 0 Å². The lowest BCUT2D eigenvalue weighted by Gasteiger charge is -2.21. The van der Waals surface area contributed by atoms with Crippen molar-refractivity contribution in [3.8, 4) is 17.2 Å². The molecular weight excluding hydrogens is 404 g/mol. The Kier molecular flexibility index (Phi) is 5.79. The molecule has 0 saturated carbocycles. The molecule has 32 heavy (non-hydrogen) atoms. The van der Waals surface area contributed by atoms with Gasteiger partial charge in [-0.05, 0) is 31.2 Å². The first-order valence-electron chi connectivity index (χ1n) is 10.3. The van der Waals surface area contributed by atoms with Gasteiger partial charge in [-0.2, -0.15) is 0 Å². The van der Waals surface area contributed by atoms with Crippen LogP contribution in [0.25, 0.3) is 0 Å². The quantitative estimate of drug-likeness (QED) is 0.260. The number of nitrogen functional groups attached to an aromatic ring is 1. The molecule has 0 saturated heterocycles. The van der Waals surface area contributed by atoms with Crippen LogP contribution in [-0.2, 0) is 6.42 Å². The monoisotopic (exact) mass is 428 g/mol. The summed E-state index contributed by atoms with van der Waals surface area (Å²) < 4.78 is 5.87. The molecule has 0 fully saturated rings. The number of phenolic OH excluding ortho intramolecular Hbond substituents is 1. The lowest BCUT2D eigenvalue weighted by Crippen LogP contribution is -2.22. The van der Waals surface area contributed by atoms with Crippen molar-refractivity contribution >= 4 is 17.3 Å². The van der Waals surface area contributed by atoms with Crippen LogP contribution in [-0.4, -0.2) is 41.7 Å². The molecule has 0 bridgehead atoms. The van der Waals surface area contributed by atoms with Gasteiger partial charge >= 0.3 is 0 Å². The minimum atomic E-state index is -0.434. The summed E-state index contributed by atoms with van der Waals surface area (Å²) in [6, 6.07) is 15.3. The van der Waals surface area contributed by atoms with Crippen LogP contribution in [0.2, 0.25) is 0 Å². The van der Waals surface area contributed by atoms with E-state index in [0.29, 0.717) is 5.75 Å². The maximum absolute atomic E-state index is 13.0. The van der Waals surface area contributed by atoms with Crippen molar-refractivity contribution in [2.75, 3.05) is 25.9 Å². The number of aromatic hydroxyl groups is 1. The molecule has 1 aliphatic carbocycles. The number of nitrogens with zero attached hydrogens (tertiary/aromatic N) is 1. The van der Waals surface area contributed by atoms with Gasteiger partial charge in [-0.3, -0.25) is 9.59 Å². The first-order chi connectivity index (χ1) is 15.4. The number of anilines is 1. The Morgan fingerprint density at radius 3 is 2.28 bits per heavy atom. The molecule has 0 spiro atoms. The van der Waals surface area contributed by atoms with Gasteiger partial charge in [0.05, 0.1) is 16.8 Å². The van der Waals surface area contributed by atoms with Gasteiger partial charge in [0.15, 0.2) is 17.3 Å². The SMILES string of the molecule is C=CCN(C)CCc1ccc(Oc2cc(O)c3c(c2N)C(=O)c2ccccc2C3=O)cc1. The van der Waals surface area contributed by atoms with E-state index in [4.69, 9.17) is 10.5 Å². The number of ketones is 2. The van der Waals surface area contributed by atoms with Gasteiger partial charge in [0.2, 0.25) is 0 Å². The number of benzene rings is 3. The summed E-state index contributed by atoms with van der Waals surface area (Å²) >= 11 is 0. The van der Waals surface area contributed by atoms with Crippen molar-refractivity contribution in [2.24, 2.45) is 0 Å². The highest BCUT2D eigenvalue weighted by molar-refractivity contribution is 6.31. The molecule has 1 aliphatic rings. The first kappa shape index (κ1) is 21.3. The zero-order valence-corrected chi connectivity index (χ0v) is 17.8. The van der Waals surface area contributed by atoms with E-state index in [0.717, 1.165) is 25.1 Å². The van der Waals surface area contributed by atoms with E-state index < -0.39 is 11.6 Å². The van der Waals surface area contributed by atoms with Gasteiger partial charge in [0.25, 0.3) is 0 Å². The number of nitrogens with two attached hydrogens (primary N) is 1. The minimum absolute atomic E-state index is 0.0226. The summed E-state index contributed by atoms with van der Waals surface area (Å²) in [6.07, 6.45) is 2.74. The van der Waals surface area contributed by atoms with E-state index in [1.807, 2.05) is 25.3 Å². The van der Waals surface area contributed by atoms with Gasteiger partial charge in [0, 0.05) is 30.3 Å². The normalized spacial score (nSPS) is 12.4. The van der Waals surface area contributed by atoms with Crippen molar-refractivity contribution in [3.05, 3.63) is 95.1 Å². The fraction of sp³-hybridized carbons (Fsp3) is 0.154. The number of likely N-dealkylation sites (N-methyl/N-ethyl adjacent to an activating group) is 1. The zero-order chi connectivity index (χ0) is 22.8. The van der Waals surface area contributed by atoms with E-state index >= 15 is 0 Å². The van der Waals surface area contributed by atoms with E-state index in [2.05, 4.69) is 11.5 Å². The first-order valence-corrected chi connectivity index (χ1v) is 10.3. The molecule has 0 aromatic heterocycles. The van der Waals surface area contributed by atoms with Crippen molar-refractivity contribution in [1.82, 2.24) is 4.90 Å². The third-order valence-electron chi connectivity index (χ3n) is 5.55. The summed E-state index contributed by atoms with van der Waals surface area (Å²) in [6.45, 7) is 5.47.